The molecule has 3 nitrogen and oxygen atoms in total. The zero-order valence-electron chi connectivity index (χ0n) is 6.76. The van der Waals surface area contributed by atoms with Crippen LogP contribution in [0.5, 0.6) is 0 Å². The Morgan fingerprint density at radius 2 is 2.55 bits per heavy atom. The van der Waals surface area contributed by atoms with Gasteiger partial charge in [-0.3, -0.25) is 4.79 Å². The molecule has 0 aromatic carbocycles. The van der Waals surface area contributed by atoms with Gasteiger partial charge in [-0.2, -0.15) is 5.26 Å². The molecule has 2 atom stereocenters. The van der Waals surface area contributed by atoms with Crippen molar-refractivity contribution in [2.45, 2.75) is 19.8 Å². The molecule has 0 amide bonds. The Morgan fingerprint density at radius 1 is 1.91 bits per heavy atom. The summed E-state index contributed by atoms with van der Waals surface area (Å²) in [7, 11) is 1.37. The lowest BCUT2D eigenvalue weighted by Gasteiger charge is -1.98. The number of nitrogens with zero attached hydrogens (tertiary/aromatic N) is 1. The highest BCUT2D eigenvalue weighted by Crippen LogP contribution is 2.53. The standard InChI is InChI=1S/C8H11NO2/c1-8(5-9)4-6(8)3-7(10)11-2/h6H,3-4H2,1-2H3/t6-,8+/m0/s1. The van der Waals surface area contributed by atoms with Crippen molar-refractivity contribution in [1.82, 2.24) is 0 Å². The fourth-order valence-electron chi connectivity index (χ4n) is 1.17. The summed E-state index contributed by atoms with van der Waals surface area (Å²) in [6.45, 7) is 1.88. The number of rotatable bonds is 2. The van der Waals surface area contributed by atoms with Crippen LogP contribution >= 0.6 is 0 Å². The van der Waals surface area contributed by atoms with Gasteiger partial charge in [0.2, 0.25) is 0 Å². The molecule has 11 heavy (non-hydrogen) atoms. The fraction of sp³-hybridized carbons (Fsp3) is 0.750. The molecular weight excluding hydrogens is 142 g/mol. The first-order valence-corrected chi connectivity index (χ1v) is 3.60. The average Bonchev–Trinajstić information content (AvgIpc) is 2.63. The first-order valence-electron chi connectivity index (χ1n) is 3.60. The number of carbonyl (C=O) groups excluding carboxylic acids is 1. The molecule has 0 bridgehead atoms. The van der Waals surface area contributed by atoms with Crippen LogP contribution in [0.25, 0.3) is 0 Å². The summed E-state index contributed by atoms with van der Waals surface area (Å²) >= 11 is 0. The van der Waals surface area contributed by atoms with Crippen LogP contribution < -0.4 is 0 Å². The highest BCUT2D eigenvalue weighted by atomic mass is 16.5. The molecular formula is C8H11NO2. The number of methoxy groups -OCH3 is 1. The minimum atomic E-state index is -0.256. The van der Waals surface area contributed by atoms with Crippen molar-refractivity contribution >= 4 is 5.97 Å². The van der Waals surface area contributed by atoms with Gasteiger partial charge in [-0.1, -0.05) is 0 Å². The van der Waals surface area contributed by atoms with Crippen molar-refractivity contribution in [2.75, 3.05) is 7.11 Å². The Bertz CT molecular complexity index is 219. The van der Waals surface area contributed by atoms with Crippen molar-refractivity contribution in [2.24, 2.45) is 11.3 Å². The van der Waals surface area contributed by atoms with Gasteiger partial charge in [0.05, 0.1) is 18.6 Å². The largest absolute Gasteiger partial charge is 0.469 e. The Labute approximate surface area is 66.0 Å². The Hall–Kier alpha value is -1.04. The normalized spacial score (nSPS) is 34.1. The van der Waals surface area contributed by atoms with Crippen LogP contribution in [-0.4, -0.2) is 13.1 Å². The molecule has 0 saturated heterocycles. The molecule has 1 aliphatic carbocycles. The number of hydrogen-bond acceptors (Lipinski definition) is 3. The maximum atomic E-state index is 10.7. The maximum absolute atomic E-state index is 10.7. The highest BCUT2D eigenvalue weighted by Gasteiger charge is 2.51. The second-order valence-electron chi connectivity index (χ2n) is 3.21. The quantitative estimate of drug-likeness (QED) is 0.558. The highest BCUT2D eigenvalue weighted by molar-refractivity contribution is 5.70. The van der Waals surface area contributed by atoms with E-state index in [1.54, 1.807) is 0 Å². The Balaban J connectivity index is 2.35. The lowest BCUT2D eigenvalue weighted by atomic mass is 10.1. The van der Waals surface area contributed by atoms with Crippen molar-refractivity contribution in [3.8, 4) is 6.07 Å². The van der Waals surface area contributed by atoms with Crippen molar-refractivity contribution in [1.29, 1.82) is 5.26 Å². The zero-order chi connectivity index (χ0) is 8.48. The molecule has 1 fully saturated rings. The minimum absolute atomic E-state index is 0.214. The summed E-state index contributed by atoms with van der Waals surface area (Å²) < 4.78 is 4.49. The smallest absolute Gasteiger partial charge is 0.305 e. The van der Waals surface area contributed by atoms with Crippen LogP contribution in [0.15, 0.2) is 0 Å². The van der Waals surface area contributed by atoms with E-state index >= 15 is 0 Å². The van der Waals surface area contributed by atoms with E-state index in [-0.39, 0.29) is 17.3 Å². The summed E-state index contributed by atoms with van der Waals surface area (Å²) in [5, 5.41) is 8.62. The Kier molecular flexibility index (Phi) is 1.86. The minimum Gasteiger partial charge on any atom is -0.469 e. The van der Waals surface area contributed by atoms with Crippen LogP contribution in [0.4, 0.5) is 0 Å². The van der Waals surface area contributed by atoms with Crippen molar-refractivity contribution < 1.29 is 9.53 Å². The van der Waals surface area contributed by atoms with E-state index in [0.29, 0.717) is 6.42 Å². The molecule has 0 heterocycles. The van der Waals surface area contributed by atoms with E-state index in [9.17, 15) is 4.79 Å². The number of esters is 1. The van der Waals surface area contributed by atoms with Gasteiger partial charge in [-0.05, 0) is 19.3 Å². The molecule has 3 heteroatoms. The second-order valence-corrected chi connectivity index (χ2v) is 3.21. The molecule has 0 aromatic rings. The maximum Gasteiger partial charge on any atom is 0.305 e. The molecule has 1 rings (SSSR count). The van der Waals surface area contributed by atoms with Crippen molar-refractivity contribution in [3.05, 3.63) is 0 Å². The molecule has 60 valence electrons. The van der Waals surface area contributed by atoms with Gasteiger partial charge in [-0.25, -0.2) is 0 Å². The first kappa shape index (κ1) is 8.06. The number of hydrogen-bond donors (Lipinski definition) is 0. The van der Waals surface area contributed by atoms with E-state index in [1.165, 1.54) is 7.11 Å². The topological polar surface area (TPSA) is 50.1 Å². The molecule has 0 N–H and O–H groups in total. The van der Waals surface area contributed by atoms with Crippen LogP contribution in [0.1, 0.15) is 19.8 Å². The molecule has 0 spiro atoms. The van der Waals surface area contributed by atoms with Gasteiger partial charge in [0.15, 0.2) is 0 Å². The van der Waals surface area contributed by atoms with E-state index in [2.05, 4.69) is 10.8 Å². The third-order valence-corrected chi connectivity index (χ3v) is 2.31. The number of ether oxygens (including phenoxy) is 1. The van der Waals surface area contributed by atoms with E-state index in [1.807, 2.05) is 6.92 Å². The van der Waals surface area contributed by atoms with Gasteiger partial charge < -0.3 is 4.74 Å². The van der Waals surface area contributed by atoms with Gasteiger partial charge in [0, 0.05) is 6.42 Å². The van der Waals surface area contributed by atoms with Gasteiger partial charge >= 0.3 is 5.97 Å². The lowest BCUT2D eigenvalue weighted by molar-refractivity contribution is -0.141. The fourth-order valence-corrected chi connectivity index (χ4v) is 1.17. The van der Waals surface area contributed by atoms with Gasteiger partial charge in [0.25, 0.3) is 0 Å². The molecule has 1 aliphatic rings. The van der Waals surface area contributed by atoms with E-state index in [0.717, 1.165) is 6.42 Å². The lowest BCUT2D eigenvalue weighted by Crippen LogP contribution is -2.04. The average molecular weight is 153 g/mol. The molecule has 0 aliphatic heterocycles. The van der Waals surface area contributed by atoms with Crippen LogP contribution in [0, 0.1) is 22.7 Å². The van der Waals surface area contributed by atoms with E-state index < -0.39 is 0 Å². The molecule has 0 aromatic heterocycles. The van der Waals surface area contributed by atoms with Crippen LogP contribution in [0.2, 0.25) is 0 Å². The van der Waals surface area contributed by atoms with Gasteiger partial charge in [0.1, 0.15) is 0 Å². The van der Waals surface area contributed by atoms with Crippen LogP contribution in [0.3, 0.4) is 0 Å². The number of nitriles is 1. The number of carbonyl (C=O) groups is 1. The molecule has 0 unspecified atom stereocenters. The molecule has 1 saturated carbocycles. The van der Waals surface area contributed by atoms with Crippen LogP contribution in [-0.2, 0) is 9.53 Å². The SMILES string of the molecule is COC(=O)C[C@H]1C[C@]1(C)C#N. The summed E-state index contributed by atoms with van der Waals surface area (Å²) in [6, 6.07) is 2.19. The predicted molar refractivity (Wildman–Crippen MR) is 38.5 cm³/mol. The van der Waals surface area contributed by atoms with Gasteiger partial charge in [-0.15, -0.1) is 0 Å². The summed E-state index contributed by atoms with van der Waals surface area (Å²) in [4.78, 5) is 10.7. The van der Waals surface area contributed by atoms with Crippen molar-refractivity contribution in [3.63, 3.8) is 0 Å². The summed E-state index contributed by atoms with van der Waals surface area (Å²) in [5.74, 6) is 0.00826. The predicted octanol–water partition coefficient (Wildman–Crippen LogP) is 1.10. The zero-order valence-corrected chi connectivity index (χ0v) is 6.76. The first-order chi connectivity index (χ1) is 5.12. The summed E-state index contributed by atoms with van der Waals surface area (Å²) in [6.07, 6.45) is 1.22. The second kappa shape index (κ2) is 2.54. The van der Waals surface area contributed by atoms with E-state index in [4.69, 9.17) is 5.26 Å². The summed E-state index contributed by atoms with van der Waals surface area (Å²) in [5.41, 5.74) is -0.256. The monoisotopic (exact) mass is 153 g/mol. The third-order valence-electron chi connectivity index (χ3n) is 2.31. The third kappa shape index (κ3) is 1.51. The Morgan fingerprint density at radius 3 is 2.91 bits per heavy atom. The molecule has 0 radical (unpaired) electrons.